The molecule has 0 spiro atoms. The zero-order valence-electron chi connectivity index (χ0n) is 12.9. The first-order valence-corrected chi connectivity index (χ1v) is 8.76. The Bertz CT molecular complexity index is 450. The fourth-order valence-corrected chi connectivity index (χ4v) is 4.00. The van der Waals surface area contributed by atoms with Gasteiger partial charge in [-0.15, -0.1) is 0 Å². The van der Waals surface area contributed by atoms with Crippen LogP contribution in [0.3, 0.4) is 0 Å². The topological polar surface area (TPSA) is 12.5 Å². The zero-order chi connectivity index (χ0) is 14.7. The third-order valence-corrected chi connectivity index (χ3v) is 5.41. The molecule has 116 valence electrons. The van der Waals surface area contributed by atoms with Gasteiger partial charge >= 0.3 is 0 Å². The molecule has 1 aromatic rings. The standard InChI is InChI=1S/C18H26ClNO/c1-14(17-8-4-5-9-18(17)19)20-12-10-16(11-13-20)21-15-6-2-3-7-15/h4-5,8-9,14-16H,2-3,6-7,10-13H2,1H3. The van der Waals surface area contributed by atoms with Gasteiger partial charge in [0.1, 0.15) is 0 Å². The van der Waals surface area contributed by atoms with E-state index in [1.807, 2.05) is 12.1 Å². The van der Waals surface area contributed by atoms with Crippen LogP contribution in [0.5, 0.6) is 0 Å². The van der Waals surface area contributed by atoms with Crippen LogP contribution in [0.4, 0.5) is 0 Å². The van der Waals surface area contributed by atoms with Crippen LogP contribution in [-0.2, 0) is 4.74 Å². The monoisotopic (exact) mass is 307 g/mol. The SMILES string of the molecule is CC(c1ccccc1Cl)N1CCC(OC2CCCC2)CC1. The van der Waals surface area contributed by atoms with Crippen molar-refractivity contribution in [3.05, 3.63) is 34.9 Å². The predicted octanol–water partition coefficient (Wildman–Crippen LogP) is 4.82. The maximum Gasteiger partial charge on any atom is 0.0603 e. The van der Waals surface area contributed by atoms with E-state index in [1.165, 1.54) is 31.2 Å². The smallest absolute Gasteiger partial charge is 0.0603 e. The third kappa shape index (κ3) is 3.80. The van der Waals surface area contributed by atoms with Gasteiger partial charge in [0.05, 0.1) is 12.2 Å². The summed E-state index contributed by atoms with van der Waals surface area (Å²) in [6, 6.07) is 8.61. The molecule has 2 nitrogen and oxygen atoms in total. The van der Waals surface area contributed by atoms with Gasteiger partial charge in [0, 0.05) is 24.2 Å². The minimum atomic E-state index is 0.395. The Morgan fingerprint density at radius 1 is 1.05 bits per heavy atom. The van der Waals surface area contributed by atoms with Crippen molar-refractivity contribution in [1.29, 1.82) is 0 Å². The Morgan fingerprint density at radius 2 is 1.67 bits per heavy atom. The van der Waals surface area contributed by atoms with Crippen molar-refractivity contribution in [3.8, 4) is 0 Å². The van der Waals surface area contributed by atoms with Crippen molar-refractivity contribution in [1.82, 2.24) is 4.90 Å². The molecule has 3 heteroatoms. The predicted molar refractivity (Wildman–Crippen MR) is 87.8 cm³/mol. The van der Waals surface area contributed by atoms with E-state index >= 15 is 0 Å². The van der Waals surface area contributed by atoms with E-state index in [4.69, 9.17) is 16.3 Å². The first-order chi connectivity index (χ1) is 10.2. The van der Waals surface area contributed by atoms with Gasteiger partial charge in [0.2, 0.25) is 0 Å². The summed E-state index contributed by atoms with van der Waals surface area (Å²) in [7, 11) is 0. The summed E-state index contributed by atoms with van der Waals surface area (Å²) in [5.41, 5.74) is 1.24. The molecule has 21 heavy (non-hydrogen) atoms. The van der Waals surface area contributed by atoms with Crippen LogP contribution in [0.25, 0.3) is 0 Å². The van der Waals surface area contributed by atoms with Crippen LogP contribution in [0.2, 0.25) is 5.02 Å². The van der Waals surface area contributed by atoms with Gasteiger partial charge in [-0.05, 0) is 44.2 Å². The largest absolute Gasteiger partial charge is 0.375 e. The van der Waals surface area contributed by atoms with Gasteiger partial charge in [0.15, 0.2) is 0 Å². The molecule has 3 rings (SSSR count). The lowest BCUT2D eigenvalue weighted by molar-refractivity contribution is -0.0437. The number of rotatable bonds is 4. The fourth-order valence-electron chi connectivity index (χ4n) is 3.71. The number of halogens is 1. The van der Waals surface area contributed by atoms with Crippen LogP contribution in [0.15, 0.2) is 24.3 Å². The summed E-state index contributed by atoms with van der Waals surface area (Å²) in [5, 5.41) is 0.884. The lowest BCUT2D eigenvalue weighted by atomic mass is 10.0. The average molecular weight is 308 g/mol. The number of piperidine rings is 1. The highest BCUT2D eigenvalue weighted by atomic mass is 35.5. The molecule has 2 aliphatic rings. The van der Waals surface area contributed by atoms with E-state index < -0.39 is 0 Å². The minimum absolute atomic E-state index is 0.395. The molecule has 1 saturated heterocycles. The van der Waals surface area contributed by atoms with Crippen molar-refractivity contribution in [2.24, 2.45) is 0 Å². The zero-order valence-corrected chi connectivity index (χ0v) is 13.7. The molecular formula is C18H26ClNO. The molecular weight excluding hydrogens is 282 g/mol. The van der Waals surface area contributed by atoms with E-state index in [2.05, 4.69) is 24.0 Å². The highest BCUT2D eigenvalue weighted by Gasteiger charge is 2.27. The van der Waals surface area contributed by atoms with Crippen LogP contribution in [0, 0.1) is 0 Å². The molecule has 0 aromatic heterocycles. The Labute approximate surface area is 133 Å². The van der Waals surface area contributed by atoms with Crippen molar-refractivity contribution < 1.29 is 4.74 Å². The summed E-state index contributed by atoms with van der Waals surface area (Å²) >= 11 is 6.33. The summed E-state index contributed by atoms with van der Waals surface area (Å²) in [4.78, 5) is 2.54. The summed E-state index contributed by atoms with van der Waals surface area (Å²) in [5.74, 6) is 0. The van der Waals surface area contributed by atoms with Crippen LogP contribution in [-0.4, -0.2) is 30.2 Å². The number of hydrogen-bond donors (Lipinski definition) is 0. The summed E-state index contributed by atoms with van der Waals surface area (Å²) in [6.07, 6.45) is 8.59. The second-order valence-corrected chi connectivity index (χ2v) is 6.88. The van der Waals surface area contributed by atoms with Crippen molar-refractivity contribution in [2.75, 3.05) is 13.1 Å². The molecule has 2 fully saturated rings. The molecule has 0 amide bonds. The van der Waals surface area contributed by atoms with E-state index in [9.17, 15) is 0 Å². The lowest BCUT2D eigenvalue weighted by Crippen LogP contribution is -2.39. The van der Waals surface area contributed by atoms with Crippen LogP contribution in [0.1, 0.15) is 57.1 Å². The maximum atomic E-state index is 6.33. The summed E-state index contributed by atoms with van der Waals surface area (Å²) < 4.78 is 6.26. The quantitative estimate of drug-likeness (QED) is 0.790. The van der Waals surface area contributed by atoms with Gasteiger partial charge in [-0.3, -0.25) is 4.90 Å². The molecule has 0 bridgehead atoms. The van der Waals surface area contributed by atoms with Crippen molar-refractivity contribution in [3.63, 3.8) is 0 Å². The Kier molecular flexibility index (Phi) is 5.20. The van der Waals surface area contributed by atoms with E-state index in [0.29, 0.717) is 18.2 Å². The highest BCUT2D eigenvalue weighted by Crippen LogP contribution is 2.31. The normalized spacial score (nSPS) is 23.5. The van der Waals surface area contributed by atoms with Crippen molar-refractivity contribution in [2.45, 2.75) is 63.7 Å². The van der Waals surface area contributed by atoms with E-state index in [-0.39, 0.29) is 0 Å². The van der Waals surface area contributed by atoms with Crippen LogP contribution >= 0.6 is 11.6 Å². The maximum absolute atomic E-state index is 6.33. The van der Waals surface area contributed by atoms with Gasteiger partial charge in [-0.25, -0.2) is 0 Å². The van der Waals surface area contributed by atoms with Gasteiger partial charge in [0.25, 0.3) is 0 Å². The molecule has 1 unspecified atom stereocenters. The molecule has 1 saturated carbocycles. The van der Waals surface area contributed by atoms with Gasteiger partial charge < -0.3 is 4.74 Å². The summed E-state index contributed by atoms with van der Waals surface area (Å²) in [6.45, 7) is 4.49. The molecule has 1 aromatic carbocycles. The Morgan fingerprint density at radius 3 is 2.33 bits per heavy atom. The minimum Gasteiger partial charge on any atom is -0.375 e. The average Bonchev–Trinajstić information content (AvgIpc) is 3.01. The third-order valence-electron chi connectivity index (χ3n) is 5.07. The number of benzene rings is 1. The first-order valence-electron chi connectivity index (χ1n) is 8.38. The van der Waals surface area contributed by atoms with Crippen LogP contribution < -0.4 is 0 Å². The fraction of sp³-hybridized carbons (Fsp3) is 0.667. The molecule has 0 N–H and O–H groups in total. The van der Waals surface area contributed by atoms with E-state index in [0.717, 1.165) is 31.0 Å². The number of nitrogens with zero attached hydrogens (tertiary/aromatic N) is 1. The number of hydrogen-bond acceptors (Lipinski definition) is 2. The molecule has 1 heterocycles. The van der Waals surface area contributed by atoms with Gasteiger partial charge in [-0.1, -0.05) is 42.6 Å². The molecule has 0 radical (unpaired) electrons. The van der Waals surface area contributed by atoms with Crippen molar-refractivity contribution >= 4 is 11.6 Å². The first kappa shape index (κ1) is 15.3. The molecule has 1 aliphatic heterocycles. The lowest BCUT2D eigenvalue weighted by Gasteiger charge is -2.37. The second kappa shape index (κ2) is 7.13. The Balaban J connectivity index is 1.52. The molecule has 1 atom stereocenters. The van der Waals surface area contributed by atoms with Gasteiger partial charge in [-0.2, -0.15) is 0 Å². The second-order valence-electron chi connectivity index (χ2n) is 6.48. The molecule has 1 aliphatic carbocycles. The van der Waals surface area contributed by atoms with E-state index in [1.54, 1.807) is 0 Å². The highest BCUT2D eigenvalue weighted by molar-refractivity contribution is 6.31. The number of likely N-dealkylation sites (tertiary alicyclic amines) is 1. The number of ether oxygens (including phenoxy) is 1. The Hall–Kier alpha value is -0.570.